The fourth-order valence-corrected chi connectivity index (χ4v) is 19.1. The fourth-order valence-electron chi connectivity index (χ4n) is 19.1. The summed E-state index contributed by atoms with van der Waals surface area (Å²) in [6.45, 7) is 39.8. The molecule has 0 spiro atoms. The van der Waals surface area contributed by atoms with Crippen molar-refractivity contribution in [1.29, 1.82) is 0 Å². The van der Waals surface area contributed by atoms with E-state index in [1.54, 1.807) is 99.7 Å². The van der Waals surface area contributed by atoms with E-state index >= 15 is 0 Å². The SMILES string of the molecule is CC(C)N1CC2CC(C1)N2C(=O)c1ccc(C(F)(F)F)nc1.COc1ccc(C(=O)N2C3CC2CN(C(C)C)C3)nn1.COc1cccc(C(=O)N2C3CC2CN(C(C)C)C3)n1.COc1ccnc(C(=O)N2C3CC2CN(C(C)C)C3)c1.COc1cncc(C(=O)N2C3CC2CN(C(C)C)C3)c1.Cc1cncc(C(=O)N2C3CC2CN(C(C)C)C3)c1. The summed E-state index contributed by atoms with van der Waals surface area (Å²) in [4.78, 5) is 122. The minimum Gasteiger partial charge on any atom is -0.497 e. The molecule has 0 radical (unpaired) electrons. The van der Waals surface area contributed by atoms with Gasteiger partial charge in [0.25, 0.3) is 35.4 Å². The molecule has 0 aromatic carbocycles. The first-order chi connectivity index (χ1) is 57.7. The molecule has 0 N–H and O–H groups in total. The predicted molar refractivity (Wildman–Crippen MR) is 450 cm³/mol. The van der Waals surface area contributed by atoms with Crippen molar-refractivity contribution in [2.75, 3.05) is 107 Å². The van der Waals surface area contributed by atoms with E-state index in [9.17, 15) is 41.9 Å². The zero-order chi connectivity index (χ0) is 86.7. The monoisotopic (exact) mass is 1670 g/mol. The third kappa shape index (κ3) is 19.7. The molecule has 121 heavy (non-hydrogen) atoms. The zero-order valence-electron chi connectivity index (χ0n) is 73.1. The maximum Gasteiger partial charge on any atom is 0.433 e. The van der Waals surface area contributed by atoms with Crippen LogP contribution in [0.25, 0.3) is 0 Å². The molecule has 6 amide bonds. The Hall–Kier alpha value is -9.60. The second-order valence-electron chi connectivity index (χ2n) is 35.7. The largest absolute Gasteiger partial charge is 0.497 e. The molecule has 13 saturated heterocycles. The van der Waals surface area contributed by atoms with Gasteiger partial charge in [0, 0.05) is 236 Å². The number of piperidine rings is 6. The number of likely N-dealkylation sites (tertiary alicyclic amines) is 10. The van der Waals surface area contributed by atoms with Crippen LogP contribution in [0.2, 0.25) is 0 Å². The van der Waals surface area contributed by atoms with Crippen LogP contribution in [-0.4, -0.2) is 345 Å². The summed E-state index contributed by atoms with van der Waals surface area (Å²) in [5, 5.41) is 7.82. The van der Waals surface area contributed by atoms with Crippen molar-refractivity contribution in [3.8, 4) is 23.3 Å². The average molecular weight is 1680 g/mol. The molecular weight excluding hydrogens is 1550 g/mol. The van der Waals surface area contributed by atoms with Gasteiger partial charge in [-0.1, -0.05) is 6.07 Å². The van der Waals surface area contributed by atoms with Gasteiger partial charge in [-0.2, -0.15) is 13.2 Å². The highest BCUT2D eigenvalue weighted by Crippen LogP contribution is 2.41. The van der Waals surface area contributed by atoms with Crippen LogP contribution in [0.1, 0.15) is 195 Å². The molecule has 12 atom stereocenters. The lowest BCUT2D eigenvalue weighted by molar-refractivity contribution is -0.141. The van der Waals surface area contributed by atoms with Crippen LogP contribution in [0, 0.1) is 6.92 Å². The summed E-state index contributed by atoms with van der Waals surface area (Å²) >= 11 is 0. The third-order valence-electron chi connectivity index (χ3n) is 26.1. The first-order valence-electron chi connectivity index (χ1n) is 43.0. The molecular formula is C89H122F3N19O10. The highest BCUT2D eigenvalue weighted by molar-refractivity contribution is 5.97. The minimum absolute atomic E-state index is 0.00944. The number of methoxy groups -OCH3 is 4. The van der Waals surface area contributed by atoms with Gasteiger partial charge >= 0.3 is 6.18 Å². The van der Waals surface area contributed by atoms with E-state index in [0.29, 0.717) is 143 Å². The molecule has 29 nitrogen and oxygen atoms in total. The lowest BCUT2D eigenvalue weighted by Gasteiger charge is -2.57. The Morgan fingerprint density at radius 3 is 1.05 bits per heavy atom. The first kappa shape index (κ1) is 89.2. The van der Waals surface area contributed by atoms with Gasteiger partial charge in [0.15, 0.2) is 5.69 Å². The molecule has 12 unspecified atom stereocenters. The molecule has 12 bridgehead atoms. The van der Waals surface area contributed by atoms with Crippen LogP contribution in [0.4, 0.5) is 13.2 Å². The number of alkyl halides is 3. The lowest BCUT2D eigenvalue weighted by Crippen LogP contribution is -2.70. The number of ether oxygens (including phenoxy) is 4. The van der Waals surface area contributed by atoms with Crippen molar-refractivity contribution in [3.05, 3.63) is 149 Å². The molecule has 6 aromatic heterocycles. The van der Waals surface area contributed by atoms with Crippen LogP contribution in [0.15, 0.2) is 104 Å². The Balaban J connectivity index is 0.000000125. The number of pyridine rings is 5. The molecule has 6 aromatic rings. The molecule has 13 aliphatic heterocycles. The lowest BCUT2D eigenvalue weighted by atomic mass is 9.86. The van der Waals surface area contributed by atoms with Gasteiger partial charge in [0.1, 0.15) is 28.6 Å². The number of fused-ring (bicyclic) bond motifs is 12. The van der Waals surface area contributed by atoms with Gasteiger partial charge in [-0.3, -0.25) is 78.1 Å². The van der Waals surface area contributed by atoms with Crippen molar-refractivity contribution >= 4 is 35.4 Å². The highest BCUT2D eigenvalue weighted by Gasteiger charge is 2.54. The number of carbonyl (C=O) groups excluding carboxylic acids is 6. The van der Waals surface area contributed by atoms with E-state index in [1.807, 2.05) is 38.7 Å². The van der Waals surface area contributed by atoms with Gasteiger partial charge in [-0.25, -0.2) is 4.98 Å². The predicted octanol–water partition coefficient (Wildman–Crippen LogP) is 9.09. The average Bonchev–Trinajstić information content (AvgIpc) is 0.803. The molecule has 654 valence electrons. The van der Waals surface area contributed by atoms with E-state index < -0.39 is 11.9 Å². The van der Waals surface area contributed by atoms with Crippen LogP contribution in [0.5, 0.6) is 23.3 Å². The summed E-state index contributed by atoms with van der Waals surface area (Å²) in [5.41, 5.74) is 3.01. The summed E-state index contributed by atoms with van der Waals surface area (Å²) in [6.07, 6.45) is 11.5. The van der Waals surface area contributed by atoms with E-state index in [4.69, 9.17) is 18.9 Å². The first-order valence-corrected chi connectivity index (χ1v) is 43.0. The number of aromatic nitrogens is 7. The van der Waals surface area contributed by atoms with Crippen molar-refractivity contribution in [2.24, 2.45) is 0 Å². The number of rotatable bonds is 16. The number of halogens is 3. The molecule has 13 fully saturated rings. The van der Waals surface area contributed by atoms with Crippen LogP contribution >= 0.6 is 0 Å². The van der Waals surface area contributed by atoms with Crippen molar-refractivity contribution < 1.29 is 60.9 Å². The van der Waals surface area contributed by atoms with Gasteiger partial charge in [-0.05, 0) is 177 Å². The normalized spacial score (nSPS) is 25.6. The minimum atomic E-state index is -4.48. The Kier molecular flexibility index (Phi) is 28.0. The second kappa shape index (κ2) is 38.0. The maximum absolute atomic E-state index is 12.6. The maximum atomic E-state index is 12.6. The quantitative estimate of drug-likeness (QED) is 0.0873. The fraction of sp³-hybridized carbons (Fsp3) is 0.607. The number of carbonyl (C=O) groups is 6. The Morgan fingerprint density at radius 2 is 0.711 bits per heavy atom. The van der Waals surface area contributed by atoms with E-state index in [0.717, 1.165) is 140 Å². The number of piperazine rings is 6. The Labute approximate surface area is 709 Å². The van der Waals surface area contributed by atoms with E-state index in [-0.39, 0.29) is 53.1 Å². The van der Waals surface area contributed by atoms with E-state index in [2.05, 4.69) is 153 Å². The van der Waals surface area contributed by atoms with Crippen LogP contribution in [0.3, 0.4) is 0 Å². The number of amides is 6. The number of nitrogens with zero attached hydrogens (tertiary/aromatic N) is 19. The standard InChI is InChI=1S/C15H18F3N3O.3C15H21N3O2.C15H21N3O.C14H20N4O2/c1-9(2)20-7-11-5-12(8-20)21(11)14(22)10-3-4-13(19-6-10)15(16,17)18;1-10(2)17-8-12-5-13(9-17)18(12)15(19)11-4-14(20-3)7-16-6-11;1-10(2)17-8-11-6-12(9-17)18(11)15(19)14-7-13(20-3)4-5-16-14;1-10(2)17-8-11-7-12(9-17)18(11)15(19)13-5-4-6-14(16-13)20-3;1-10(2)17-8-13-5-14(9-17)18(13)15(19)12-4-11(3)6-16-7-12;1-9(2)17-7-10-6-11(8-17)18(10)14(19)12-4-5-13(20-3)16-15-12/h3-4,6,9,11-12H,5,7-8H2,1-2H3;4,6-7,10,12-13H,5,8-9H2,1-3H3;4-5,7,10-12H,6,8-9H2,1-3H3;4-6,10-12H,7-9H2,1-3H3;4,6-7,10,13-14H,5,8-9H2,1-3H3;4-5,9-11H,6-8H2,1-3H3. The van der Waals surface area contributed by atoms with Crippen LogP contribution in [-0.2, 0) is 6.18 Å². The molecule has 13 aliphatic rings. The summed E-state index contributed by atoms with van der Waals surface area (Å²) in [7, 11) is 6.29. The Morgan fingerprint density at radius 1 is 0.347 bits per heavy atom. The second-order valence-corrected chi connectivity index (χ2v) is 35.7. The van der Waals surface area contributed by atoms with Crippen molar-refractivity contribution in [2.45, 2.75) is 243 Å². The molecule has 19 heterocycles. The van der Waals surface area contributed by atoms with Gasteiger partial charge < -0.3 is 48.3 Å². The summed E-state index contributed by atoms with van der Waals surface area (Å²) in [6, 6.07) is 25.0. The zero-order valence-corrected chi connectivity index (χ0v) is 73.1. The number of aryl methyl sites for hydroxylation is 1. The smallest absolute Gasteiger partial charge is 0.433 e. The topological polar surface area (TPSA) is 268 Å². The molecule has 0 saturated carbocycles. The number of hydrogen-bond donors (Lipinski definition) is 0. The van der Waals surface area contributed by atoms with Gasteiger partial charge in [-0.15, -0.1) is 10.2 Å². The molecule has 19 rings (SSSR count). The van der Waals surface area contributed by atoms with Crippen molar-refractivity contribution in [3.63, 3.8) is 0 Å². The summed E-state index contributed by atoms with van der Waals surface area (Å²) < 4.78 is 57.8. The van der Waals surface area contributed by atoms with Crippen LogP contribution < -0.4 is 18.9 Å². The molecule has 0 aliphatic carbocycles. The Bertz CT molecular complexity index is 4310. The third-order valence-corrected chi connectivity index (χ3v) is 26.1. The van der Waals surface area contributed by atoms with Crippen molar-refractivity contribution in [1.82, 2.24) is 93.9 Å². The van der Waals surface area contributed by atoms with Gasteiger partial charge in [0.05, 0.1) is 51.3 Å². The summed E-state index contributed by atoms with van der Waals surface area (Å²) in [5.74, 6) is 2.31. The van der Waals surface area contributed by atoms with Gasteiger partial charge in [0.2, 0.25) is 11.8 Å². The molecule has 32 heteroatoms. The number of hydrogen-bond acceptors (Lipinski definition) is 23. The highest BCUT2D eigenvalue weighted by atomic mass is 19.4. The van der Waals surface area contributed by atoms with E-state index in [1.165, 1.54) is 13.2 Å².